The third-order valence-electron chi connectivity index (χ3n) is 3.82. The first-order chi connectivity index (χ1) is 7.70. The lowest BCUT2D eigenvalue weighted by molar-refractivity contribution is 0.00761. The highest BCUT2D eigenvalue weighted by Gasteiger charge is 2.68. The topological polar surface area (TPSA) is 21.8 Å². The summed E-state index contributed by atoms with van der Waals surface area (Å²) in [4.78, 5) is 0. The van der Waals surface area contributed by atoms with E-state index in [0.717, 1.165) is 31.4 Å². The molecule has 1 atom stereocenters. The summed E-state index contributed by atoms with van der Waals surface area (Å²) in [7, 11) is 1.75. The molecule has 16 heavy (non-hydrogen) atoms. The average molecular weight is 222 g/mol. The fourth-order valence-electron chi connectivity index (χ4n) is 2.50. The minimum atomic E-state index is -0.192. The Kier molecular flexibility index (Phi) is 2.10. The van der Waals surface area contributed by atoms with Crippen molar-refractivity contribution in [3.05, 3.63) is 35.6 Å². The standard InChI is InChI=1S/C13H15FO2/c1-15-12(6-7-12)13(9-16-13)8-10-2-4-11(14)5-3-10/h2-5H,6-9H2,1H3. The van der Waals surface area contributed by atoms with Crippen molar-refractivity contribution in [2.75, 3.05) is 13.7 Å². The van der Waals surface area contributed by atoms with Crippen LogP contribution in [-0.2, 0) is 15.9 Å². The van der Waals surface area contributed by atoms with Crippen LogP contribution in [0.4, 0.5) is 4.39 Å². The summed E-state index contributed by atoms with van der Waals surface area (Å²) in [6.07, 6.45) is 2.97. The Hall–Kier alpha value is -0.930. The Morgan fingerprint density at radius 1 is 1.31 bits per heavy atom. The van der Waals surface area contributed by atoms with E-state index in [1.165, 1.54) is 12.1 Å². The van der Waals surface area contributed by atoms with Gasteiger partial charge in [-0.3, -0.25) is 0 Å². The second-order valence-electron chi connectivity index (χ2n) is 4.78. The van der Waals surface area contributed by atoms with Crippen LogP contribution in [0.5, 0.6) is 0 Å². The first kappa shape index (κ1) is 10.2. The number of hydrogen-bond donors (Lipinski definition) is 0. The molecular formula is C13H15FO2. The Balaban J connectivity index is 1.77. The molecule has 0 bridgehead atoms. The predicted molar refractivity (Wildman–Crippen MR) is 57.8 cm³/mol. The van der Waals surface area contributed by atoms with Crippen molar-refractivity contribution in [3.8, 4) is 0 Å². The highest BCUT2D eigenvalue weighted by molar-refractivity contribution is 5.26. The third-order valence-corrected chi connectivity index (χ3v) is 3.82. The molecule has 1 aliphatic heterocycles. The van der Waals surface area contributed by atoms with Gasteiger partial charge < -0.3 is 9.47 Å². The average Bonchev–Trinajstić information content (AvgIpc) is 3.14. The van der Waals surface area contributed by atoms with E-state index >= 15 is 0 Å². The molecule has 0 spiro atoms. The first-order valence-electron chi connectivity index (χ1n) is 5.63. The number of methoxy groups -OCH3 is 1. The van der Waals surface area contributed by atoms with Crippen LogP contribution in [0.3, 0.4) is 0 Å². The van der Waals surface area contributed by atoms with E-state index in [2.05, 4.69) is 0 Å². The maximum absolute atomic E-state index is 12.8. The molecule has 1 saturated carbocycles. The van der Waals surface area contributed by atoms with Crippen molar-refractivity contribution in [2.45, 2.75) is 30.5 Å². The smallest absolute Gasteiger partial charge is 0.124 e. The van der Waals surface area contributed by atoms with Gasteiger partial charge in [0, 0.05) is 13.5 Å². The SMILES string of the molecule is COC1(C2(Cc3ccc(F)cc3)CO2)CC1. The van der Waals surface area contributed by atoms with Crippen molar-refractivity contribution in [3.63, 3.8) is 0 Å². The highest BCUT2D eigenvalue weighted by atomic mass is 19.1. The molecule has 1 aromatic rings. The molecule has 86 valence electrons. The Bertz CT molecular complexity index is 391. The number of benzene rings is 1. The highest BCUT2D eigenvalue weighted by Crippen LogP contribution is 2.57. The van der Waals surface area contributed by atoms with Crippen molar-refractivity contribution in [2.24, 2.45) is 0 Å². The monoisotopic (exact) mass is 222 g/mol. The molecule has 1 aromatic carbocycles. The molecule has 0 N–H and O–H groups in total. The van der Waals surface area contributed by atoms with Crippen molar-refractivity contribution >= 4 is 0 Å². The molecule has 2 nitrogen and oxygen atoms in total. The molecule has 1 saturated heterocycles. The van der Waals surface area contributed by atoms with E-state index in [0.29, 0.717) is 0 Å². The van der Waals surface area contributed by atoms with Gasteiger partial charge in [-0.05, 0) is 30.5 Å². The van der Waals surface area contributed by atoms with Gasteiger partial charge in [-0.2, -0.15) is 0 Å². The zero-order valence-corrected chi connectivity index (χ0v) is 9.33. The molecule has 0 radical (unpaired) electrons. The largest absolute Gasteiger partial charge is 0.375 e. The molecule has 0 amide bonds. The zero-order chi connectivity index (χ0) is 11.2. The number of rotatable bonds is 4. The van der Waals surface area contributed by atoms with Crippen LogP contribution in [-0.4, -0.2) is 24.9 Å². The van der Waals surface area contributed by atoms with Gasteiger partial charge >= 0.3 is 0 Å². The first-order valence-corrected chi connectivity index (χ1v) is 5.63. The van der Waals surface area contributed by atoms with Crippen LogP contribution in [0.25, 0.3) is 0 Å². The van der Waals surface area contributed by atoms with E-state index in [9.17, 15) is 4.39 Å². The Morgan fingerprint density at radius 3 is 2.38 bits per heavy atom. The predicted octanol–water partition coefficient (Wildman–Crippen LogP) is 2.32. The molecule has 2 fully saturated rings. The Labute approximate surface area is 94.4 Å². The van der Waals surface area contributed by atoms with Crippen LogP contribution < -0.4 is 0 Å². The summed E-state index contributed by atoms with van der Waals surface area (Å²) in [5.41, 5.74) is 0.906. The van der Waals surface area contributed by atoms with Crippen LogP contribution in [0.1, 0.15) is 18.4 Å². The van der Waals surface area contributed by atoms with Gasteiger partial charge in [-0.25, -0.2) is 4.39 Å². The summed E-state index contributed by atoms with van der Waals surface area (Å²) < 4.78 is 24.0. The molecule has 3 heteroatoms. The van der Waals surface area contributed by atoms with Gasteiger partial charge in [0.05, 0.1) is 12.2 Å². The molecule has 0 aromatic heterocycles. The lowest BCUT2D eigenvalue weighted by atomic mass is 9.92. The molecule has 1 unspecified atom stereocenters. The van der Waals surface area contributed by atoms with Crippen LogP contribution in [0.15, 0.2) is 24.3 Å². The van der Waals surface area contributed by atoms with E-state index in [1.807, 2.05) is 12.1 Å². The van der Waals surface area contributed by atoms with Gasteiger partial charge in [0.25, 0.3) is 0 Å². The maximum Gasteiger partial charge on any atom is 0.124 e. The second-order valence-corrected chi connectivity index (χ2v) is 4.78. The summed E-state index contributed by atoms with van der Waals surface area (Å²) in [6.45, 7) is 0.762. The lowest BCUT2D eigenvalue weighted by Gasteiger charge is -2.22. The number of epoxide rings is 1. The number of halogens is 1. The van der Waals surface area contributed by atoms with Crippen LogP contribution in [0, 0.1) is 5.82 Å². The van der Waals surface area contributed by atoms with E-state index < -0.39 is 0 Å². The van der Waals surface area contributed by atoms with E-state index in [1.54, 1.807) is 7.11 Å². The van der Waals surface area contributed by atoms with Crippen LogP contribution in [0.2, 0.25) is 0 Å². The van der Waals surface area contributed by atoms with Crippen molar-refractivity contribution in [1.82, 2.24) is 0 Å². The molecular weight excluding hydrogens is 207 g/mol. The molecule has 1 heterocycles. The summed E-state index contributed by atoms with van der Waals surface area (Å²) in [5.74, 6) is -0.192. The Morgan fingerprint density at radius 2 is 1.94 bits per heavy atom. The molecule has 2 aliphatic rings. The molecule has 1 aliphatic carbocycles. The van der Waals surface area contributed by atoms with Gasteiger partial charge in [0.1, 0.15) is 11.4 Å². The maximum atomic E-state index is 12.8. The van der Waals surface area contributed by atoms with Crippen LogP contribution >= 0.6 is 0 Å². The normalized spacial score (nSPS) is 30.1. The molecule has 3 rings (SSSR count). The van der Waals surface area contributed by atoms with Gasteiger partial charge in [0.15, 0.2) is 0 Å². The second kappa shape index (κ2) is 3.28. The number of ether oxygens (including phenoxy) is 2. The van der Waals surface area contributed by atoms with Gasteiger partial charge in [-0.15, -0.1) is 0 Å². The zero-order valence-electron chi connectivity index (χ0n) is 9.33. The fraction of sp³-hybridized carbons (Fsp3) is 0.538. The lowest BCUT2D eigenvalue weighted by Crippen LogP contribution is -2.36. The minimum Gasteiger partial charge on any atom is -0.375 e. The minimum absolute atomic E-state index is 0.0681. The van der Waals surface area contributed by atoms with Gasteiger partial charge in [0.2, 0.25) is 0 Å². The van der Waals surface area contributed by atoms with Gasteiger partial charge in [-0.1, -0.05) is 12.1 Å². The quantitative estimate of drug-likeness (QED) is 0.729. The summed E-state index contributed by atoms with van der Waals surface area (Å²) >= 11 is 0. The van der Waals surface area contributed by atoms with E-state index in [4.69, 9.17) is 9.47 Å². The summed E-state index contributed by atoms with van der Waals surface area (Å²) in [6, 6.07) is 6.64. The van der Waals surface area contributed by atoms with Crippen molar-refractivity contribution in [1.29, 1.82) is 0 Å². The van der Waals surface area contributed by atoms with Crippen molar-refractivity contribution < 1.29 is 13.9 Å². The fourth-order valence-corrected chi connectivity index (χ4v) is 2.50. The summed E-state index contributed by atoms with van der Waals surface area (Å²) in [5, 5.41) is 0. The third kappa shape index (κ3) is 1.46. The van der Waals surface area contributed by atoms with E-state index in [-0.39, 0.29) is 17.0 Å². The number of hydrogen-bond acceptors (Lipinski definition) is 2.